The van der Waals surface area contributed by atoms with E-state index in [9.17, 15) is 4.79 Å². The second kappa shape index (κ2) is 3.79. The third-order valence-corrected chi connectivity index (χ3v) is 2.97. The Balaban J connectivity index is 2.61. The molecule has 2 rings (SSSR count). The van der Waals surface area contributed by atoms with Crippen molar-refractivity contribution in [2.24, 2.45) is 7.05 Å². The second-order valence-corrected chi connectivity index (χ2v) is 4.35. The van der Waals surface area contributed by atoms with E-state index in [0.29, 0.717) is 0 Å². The van der Waals surface area contributed by atoms with Crippen molar-refractivity contribution >= 4 is 21.9 Å². The average Bonchev–Trinajstić information content (AvgIpc) is 2.71. The second-order valence-electron chi connectivity index (χ2n) is 3.49. The Bertz CT molecular complexity index is 537. The van der Waals surface area contributed by atoms with Gasteiger partial charge < -0.3 is 10.1 Å². The predicted molar refractivity (Wildman–Crippen MR) is 62.4 cm³/mol. The first-order valence-electron chi connectivity index (χ1n) is 4.61. The van der Waals surface area contributed by atoms with Crippen LogP contribution in [0.25, 0.3) is 11.3 Å². The lowest BCUT2D eigenvalue weighted by Crippen LogP contribution is -1.95. The molecule has 0 saturated heterocycles. The third-order valence-electron chi connectivity index (χ3n) is 2.39. The van der Waals surface area contributed by atoms with Gasteiger partial charge in [-0.1, -0.05) is 0 Å². The van der Waals surface area contributed by atoms with Gasteiger partial charge in [-0.2, -0.15) is 5.10 Å². The molecular formula is C10H10BrN3O2. The molecule has 0 aliphatic rings. The van der Waals surface area contributed by atoms with E-state index in [1.807, 2.05) is 14.0 Å². The Morgan fingerprint density at radius 2 is 2.31 bits per heavy atom. The first-order valence-corrected chi connectivity index (χ1v) is 5.40. The summed E-state index contributed by atoms with van der Waals surface area (Å²) >= 11 is 3.39. The van der Waals surface area contributed by atoms with E-state index in [-0.39, 0.29) is 5.69 Å². The maximum Gasteiger partial charge on any atom is 0.352 e. The standard InChI is InChI=1S/C10H10BrN3O2/c1-5-6(3-8(13-5)10(15)16)9-7(11)4-12-14(9)2/h3-4,13H,1-2H3,(H,15,16). The number of hydrogen-bond donors (Lipinski definition) is 2. The normalized spacial score (nSPS) is 10.7. The number of carboxylic acid groups (broad SMARTS) is 1. The lowest BCUT2D eigenvalue weighted by atomic mass is 10.2. The lowest BCUT2D eigenvalue weighted by Gasteiger charge is -2.01. The molecule has 0 bridgehead atoms. The van der Waals surface area contributed by atoms with Gasteiger partial charge in [0.2, 0.25) is 0 Å². The topological polar surface area (TPSA) is 70.9 Å². The summed E-state index contributed by atoms with van der Waals surface area (Å²) < 4.78 is 2.54. The van der Waals surface area contributed by atoms with Crippen molar-refractivity contribution in [2.75, 3.05) is 0 Å². The van der Waals surface area contributed by atoms with E-state index in [1.54, 1.807) is 16.9 Å². The fourth-order valence-corrected chi connectivity index (χ4v) is 2.19. The summed E-state index contributed by atoms with van der Waals surface area (Å²) in [5, 5.41) is 13.0. The van der Waals surface area contributed by atoms with Crippen molar-refractivity contribution in [1.29, 1.82) is 0 Å². The summed E-state index contributed by atoms with van der Waals surface area (Å²) in [4.78, 5) is 13.7. The van der Waals surface area contributed by atoms with Gasteiger partial charge in [0.1, 0.15) is 5.69 Å². The van der Waals surface area contributed by atoms with Crippen LogP contribution < -0.4 is 0 Å². The average molecular weight is 284 g/mol. The fourth-order valence-electron chi connectivity index (χ4n) is 1.63. The Morgan fingerprint density at radius 3 is 2.75 bits per heavy atom. The van der Waals surface area contributed by atoms with Crippen LogP contribution in [-0.4, -0.2) is 25.8 Å². The van der Waals surface area contributed by atoms with Gasteiger partial charge in [-0.25, -0.2) is 4.79 Å². The van der Waals surface area contributed by atoms with Gasteiger partial charge >= 0.3 is 5.97 Å². The molecule has 0 aliphatic carbocycles. The van der Waals surface area contributed by atoms with Crippen LogP contribution in [0.2, 0.25) is 0 Å². The SMILES string of the molecule is Cc1[nH]c(C(=O)O)cc1-c1c(Br)cnn1C. The van der Waals surface area contributed by atoms with Gasteiger partial charge in [-0.3, -0.25) is 4.68 Å². The minimum atomic E-state index is -0.965. The number of carboxylic acids is 1. The molecule has 5 nitrogen and oxygen atoms in total. The zero-order valence-electron chi connectivity index (χ0n) is 8.78. The Kier molecular flexibility index (Phi) is 2.59. The van der Waals surface area contributed by atoms with Crippen LogP contribution >= 0.6 is 15.9 Å². The van der Waals surface area contributed by atoms with Gasteiger partial charge in [-0.15, -0.1) is 0 Å². The highest BCUT2D eigenvalue weighted by atomic mass is 79.9. The van der Waals surface area contributed by atoms with Crippen molar-refractivity contribution in [1.82, 2.24) is 14.8 Å². The van der Waals surface area contributed by atoms with Crippen LogP contribution in [0.3, 0.4) is 0 Å². The first kappa shape index (κ1) is 10.9. The van der Waals surface area contributed by atoms with Gasteiger partial charge in [0.25, 0.3) is 0 Å². The van der Waals surface area contributed by atoms with E-state index in [0.717, 1.165) is 21.4 Å². The molecule has 2 aromatic heterocycles. The van der Waals surface area contributed by atoms with Crippen molar-refractivity contribution in [3.8, 4) is 11.3 Å². The minimum Gasteiger partial charge on any atom is -0.477 e. The summed E-state index contributed by atoms with van der Waals surface area (Å²) in [6.45, 7) is 1.83. The molecule has 0 aromatic carbocycles. The minimum absolute atomic E-state index is 0.181. The molecule has 84 valence electrons. The van der Waals surface area contributed by atoms with Crippen molar-refractivity contribution in [2.45, 2.75) is 6.92 Å². The van der Waals surface area contributed by atoms with Gasteiger partial charge in [0.15, 0.2) is 0 Å². The summed E-state index contributed by atoms with van der Waals surface area (Å²) in [7, 11) is 1.81. The molecule has 0 unspecified atom stereocenters. The Labute approximate surface area is 100 Å². The number of aromatic carboxylic acids is 1. The maximum atomic E-state index is 10.8. The molecule has 0 aliphatic heterocycles. The number of aromatic nitrogens is 3. The highest BCUT2D eigenvalue weighted by Crippen LogP contribution is 2.30. The van der Waals surface area contributed by atoms with Gasteiger partial charge in [-0.05, 0) is 28.9 Å². The Hall–Kier alpha value is -1.56. The Morgan fingerprint density at radius 1 is 1.62 bits per heavy atom. The molecule has 0 spiro atoms. The number of aryl methyl sites for hydroxylation is 2. The van der Waals surface area contributed by atoms with Crippen LogP contribution in [0, 0.1) is 6.92 Å². The quantitative estimate of drug-likeness (QED) is 0.888. The molecule has 16 heavy (non-hydrogen) atoms. The van der Waals surface area contributed by atoms with Crippen LogP contribution in [0.5, 0.6) is 0 Å². The molecule has 0 fully saturated rings. The van der Waals surface area contributed by atoms with Crippen LogP contribution in [0.15, 0.2) is 16.7 Å². The van der Waals surface area contributed by atoms with Crippen LogP contribution in [0.4, 0.5) is 0 Å². The zero-order chi connectivity index (χ0) is 11.9. The lowest BCUT2D eigenvalue weighted by molar-refractivity contribution is 0.0691. The molecule has 0 radical (unpaired) electrons. The van der Waals surface area contributed by atoms with E-state index in [1.165, 1.54) is 0 Å². The number of aromatic amines is 1. The fraction of sp³-hybridized carbons (Fsp3) is 0.200. The number of nitrogens with one attached hydrogen (secondary N) is 1. The van der Waals surface area contributed by atoms with Gasteiger partial charge in [0, 0.05) is 18.3 Å². The highest BCUT2D eigenvalue weighted by molar-refractivity contribution is 9.10. The number of halogens is 1. The number of carbonyl (C=O) groups is 1. The largest absolute Gasteiger partial charge is 0.477 e. The molecule has 0 atom stereocenters. The van der Waals surface area contributed by atoms with Gasteiger partial charge in [0.05, 0.1) is 16.4 Å². The summed E-state index contributed by atoms with van der Waals surface area (Å²) in [6, 6.07) is 1.61. The summed E-state index contributed by atoms with van der Waals surface area (Å²) in [5.41, 5.74) is 2.69. The molecule has 2 aromatic rings. The molecule has 2 heterocycles. The highest BCUT2D eigenvalue weighted by Gasteiger charge is 2.16. The number of nitrogens with zero attached hydrogens (tertiary/aromatic N) is 2. The van der Waals surface area contributed by atoms with E-state index < -0.39 is 5.97 Å². The molecular weight excluding hydrogens is 274 g/mol. The molecule has 6 heteroatoms. The maximum absolute atomic E-state index is 10.8. The monoisotopic (exact) mass is 283 g/mol. The van der Waals surface area contributed by atoms with Crippen LogP contribution in [0.1, 0.15) is 16.2 Å². The van der Waals surface area contributed by atoms with Crippen molar-refractivity contribution in [3.05, 3.63) is 28.1 Å². The van der Waals surface area contributed by atoms with E-state index in [2.05, 4.69) is 26.0 Å². The van der Waals surface area contributed by atoms with Crippen molar-refractivity contribution < 1.29 is 9.90 Å². The molecule has 0 amide bonds. The summed E-state index contributed by atoms with van der Waals surface area (Å²) in [5.74, 6) is -0.965. The smallest absolute Gasteiger partial charge is 0.352 e. The predicted octanol–water partition coefficient (Wildman–Crippen LogP) is 2.18. The number of hydrogen-bond acceptors (Lipinski definition) is 2. The summed E-state index contributed by atoms with van der Waals surface area (Å²) in [6.07, 6.45) is 1.68. The van der Waals surface area contributed by atoms with Crippen molar-refractivity contribution in [3.63, 3.8) is 0 Å². The first-order chi connectivity index (χ1) is 7.50. The van der Waals surface area contributed by atoms with Crippen LogP contribution in [-0.2, 0) is 7.05 Å². The zero-order valence-corrected chi connectivity index (χ0v) is 10.4. The molecule has 2 N–H and O–H groups in total. The van der Waals surface area contributed by atoms with E-state index >= 15 is 0 Å². The molecule has 0 saturated carbocycles. The number of H-pyrrole nitrogens is 1. The number of rotatable bonds is 2. The third kappa shape index (κ3) is 1.65. The van der Waals surface area contributed by atoms with E-state index in [4.69, 9.17) is 5.11 Å².